The van der Waals surface area contributed by atoms with Gasteiger partial charge in [0.15, 0.2) is 0 Å². The van der Waals surface area contributed by atoms with Gasteiger partial charge in [-0.3, -0.25) is 0 Å². The molecule has 0 saturated carbocycles. The van der Waals surface area contributed by atoms with Crippen molar-refractivity contribution >= 4 is 5.97 Å². The van der Waals surface area contributed by atoms with Crippen LogP contribution in [0.5, 0.6) is 5.75 Å². The number of benzene rings is 1. The first kappa shape index (κ1) is 14.3. The standard InChI is InChI=1S/C11H12F3NO3/c1-18-10(17)7-2-3-9(16)8(4-7)5-15-6-11(12,13)14/h2-4,15-16H,5-6H2,1H3. The molecule has 7 heteroatoms. The Balaban J connectivity index is 2.73. The van der Waals surface area contributed by atoms with Crippen LogP contribution in [0.4, 0.5) is 13.2 Å². The van der Waals surface area contributed by atoms with E-state index >= 15 is 0 Å². The van der Waals surface area contributed by atoms with Crippen molar-refractivity contribution < 1.29 is 27.8 Å². The van der Waals surface area contributed by atoms with E-state index in [1.807, 2.05) is 0 Å². The summed E-state index contributed by atoms with van der Waals surface area (Å²) in [6.45, 7) is -1.37. The Morgan fingerprint density at radius 3 is 2.67 bits per heavy atom. The number of rotatable bonds is 4. The largest absolute Gasteiger partial charge is 0.508 e. The Hall–Kier alpha value is -1.76. The van der Waals surface area contributed by atoms with Gasteiger partial charge in [-0.1, -0.05) is 0 Å². The van der Waals surface area contributed by atoms with Crippen molar-refractivity contribution in [2.24, 2.45) is 0 Å². The lowest BCUT2D eigenvalue weighted by Gasteiger charge is -2.10. The third-order valence-corrected chi connectivity index (χ3v) is 2.14. The Morgan fingerprint density at radius 2 is 2.11 bits per heavy atom. The van der Waals surface area contributed by atoms with Gasteiger partial charge in [0.25, 0.3) is 0 Å². The lowest BCUT2D eigenvalue weighted by Crippen LogP contribution is -2.28. The van der Waals surface area contributed by atoms with Gasteiger partial charge >= 0.3 is 12.1 Å². The number of phenols is 1. The highest BCUT2D eigenvalue weighted by Crippen LogP contribution is 2.19. The summed E-state index contributed by atoms with van der Waals surface area (Å²) >= 11 is 0. The molecule has 0 saturated heterocycles. The van der Waals surface area contributed by atoms with Crippen molar-refractivity contribution in [1.29, 1.82) is 0 Å². The van der Waals surface area contributed by atoms with Crippen LogP contribution < -0.4 is 5.32 Å². The Labute approximate surface area is 101 Å². The minimum atomic E-state index is -4.32. The number of ether oxygens (including phenoxy) is 1. The molecule has 2 N–H and O–H groups in total. The normalized spacial score (nSPS) is 11.3. The van der Waals surface area contributed by atoms with Crippen LogP contribution in [0.15, 0.2) is 18.2 Å². The van der Waals surface area contributed by atoms with Crippen LogP contribution in [-0.4, -0.2) is 30.9 Å². The zero-order chi connectivity index (χ0) is 13.8. The summed E-state index contributed by atoms with van der Waals surface area (Å²) in [5.41, 5.74) is 0.362. The molecule has 1 aromatic carbocycles. The highest BCUT2D eigenvalue weighted by atomic mass is 19.4. The molecule has 0 aliphatic carbocycles. The molecule has 0 spiro atoms. The van der Waals surface area contributed by atoms with Crippen molar-refractivity contribution in [1.82, 2.24) is 5.32 Å². The molecular weight excluding hydrogens is 251 g/mol. The molecule has 0 radical (unpaired) electrons. The lowest BCUT2D eigenvalue weighted by atomic mass is 10.1. The van der Waals surface area contributed by atoms with Gasteiger partial charge in [0, 0.05) is 12.1 Å². The summed E-state index contributed by atoms with van der Waals surface area (Å²) in [6.07, 6.45) is -4.32. The highest BCUT2D eigenvalue weighted by molar-refractivity contribution is 5.89. The topological polar surface area (TPSA) is 58.6 Å². The van der Waals surface area contributed by atoms with Crippen molar-refractivity contribution in [3.05, 3.63) is 29.3 Å². The van der Waals surface area contributed by atoms with E-state index in [1.54, 1.807) is 0 Å². The Morgan fingerprint density at radius 1 is 1.44 bits per heavy atom. The maximum atomic E-state index is 11.9. The number of aromatic hydroxyl groups is 1. The number of methoxy groups -OCH3 is 1. The number of carbonyl (C=O) groups excluding carboxylic acids is 1. The molecule has 100 valence electrons. The van der Waals surface area contributed by atoms with Crippen molar-refractivity contribution in [2.45, 2.75) is 12.7 Å². The van der Waals surface area contributed by atoms with E-state index in [-0.39, 0.29) is 23.4 Å². The second kappa shape index (κ2) is 5.72. The van der Waals surface area contributed by atoms with Gasteiger partial charge in [-0.05, 0) is 18.2 Å². The smallest absolute Gasteiger partial charge is 0.401 e. The van der Waals surface area contributed by atoms with Crippen LogP contribution in [0, 0.1) is 0 Å². The number of phenolic OH excluding ortho intramolecular Hbond substituents is 1. The molecule has 1 rings (SSSR count). The van der Waals surface area contributed by atoms with Crippen LogP contribution in [-0.2, 0) is 11.3 Å². The van der Waals surface area contributed by atoms with E-state index in [4.69, 9.17) is 0 Å². The van der Waals surface area contributed by atoms with E-state index in [1.165, 1.54) is 25.3 Å². The molecule has 0 heterocycles. The van der Waals surface area contributed by atoms with E-state index in [0.717, 1.165) is 0 Å². The number of hydrogen-bond acceptors (Lipinski definition) is 4. The van der Waals surface area contributed by atoms with Crippen molar-refractivity contribution in [3.63, 3.8) is 0 Å². The van der Waals surface area contributed by atoms with E-state index in [0.29, 0.717) is 0 Å². The molecule has 0 fully saturated rings. The Bertz CT molecular complexity index is 432. The third kappa shape index (κ3) is 4.25. The average molecular weight is 263 g/mol. The molecule has 0 atom stereocenters. The molecular formula is C11H12F3NO3. The van der Waals surface area contributed by atoms with E-state index < -0.39 is 18.7 Å². The van der Waals surface area contributed by atoms with Gasteiger partial charge in [-0.2, -0.15) is 13.2 Å². The number of carbonyl (C=O) groups is 1. The lowest BCUT2D eigenvalue weighted by molar-refractivity contribution is -0.125. The fourth-order valence-corrected chi connectivity index (χ4v) is 1.31. The second-order valence-electron chi connectivity index (χ2n) is 3.55. The first-order valence-electron chi connectivity index (χ1n) is 5.01. The number of esters is 1. The first-order chi connectivity index (χ1) is 8.33. The summed E-state index contributed by atoms with van der Waals surface area (Å²) in [5.74, 6) is -0.801. The highest BCUT2D eigenvalue weighted by Gasteiger charge is 2.26. The fraction of sp³-hybridized carbons (Fsp3) is 0.364. The molecule has 4 nitrogen and oxygen atoms in total. The van der Waals surface area contributed by atoms with Crippen LogP contribution in [0.2, 0.25) is 0 Å². The van der Waals surface area contributed by atoms with Gasteiger partial charge in [-0.15, -0.1) is 0 Å². The van der Waals surface area contributed by atoms with Crippen molar-refractivity contribution in [3.8, 4) is 5.75 Å². The summed E-state index contributed by atoms with van der Waals surface area (Å²) in [4.78, 5) is 11.2. The van der Waals surface area contributed by atoms with Gasteiger partial charge in [-0.25, -0.2) is 4.79 Å². The fourth-order valence-electron chi connectivity index (χ4n) is 1.31. The summed E-state index contributed by atoms with van der Waals surface area (Å²) in [7, 11) is 1.19. The van der Waals surface area contributed by atoms with Crippen LogP contribution in [0.1, 0.15) is 15.9 Å². The summed E-state index contributed by atoms with van der Waals surface area (Å²) < 4.78 is 40.2. The minimum absolute atomic E-state index is 0.166. The molecule has 0 aromatic heterocycles. The zero-order valence-electron chi connectivity index (χ0n) is 9.54. The maximum Gasteiger partial charge on any atom is 0.401 e. The monoisotopic (exact) mass is 263 g/mol. The maximum absolute atomic E-state index is 11.9. The molecule has 0 aliphatic heterocycles. The molecule has 18 heavy (non-hydrogen) atoms. The van der Waals surface area contributed by atoms with Gasteiger partial charge in [0.2, 0.25) is 0 Å². The number of halogens is 3. The molecule has 1 aromatic rings. The zero-order valence-corrected chi connectivity index (χ0v) is 9.54. The van der Waals surface area contributed by atoms with Gasteiger partial charge in [0.05, 0.1) is 19.2 Å². The second-order valence-corrected chi connectivity index (χ2v) is 3.55. The molecule has 0 bridgehead atoms. The van der Waals surface area contributed by atoms with Crippen LogP contribution in [0.3, 0.4) is 0 Å². The molecule has 0 aliphatic rings. The number of alkyl halides is 3. The van der Waals surface area contributed by atoms with Crippen LogP contribution in [0.25, 0.3) is 0 Å². The summed E-state index contributed by atoms with van der Waals surface area (Å²) in [5, 5.41) is 11.6. The van der Waals surface area contributed by atoms with Gasteiger partial charge < -0.3 is 15.2 Å². The van der Waals surface area contributed by atoms with Gasteiger partial charge in [0.1, 0.15) is 5.75 Å². The van der Waals surface area contributed by atoms with Crippen LogP contribution >= 0.6 is 0 Å². The predicted molar refractivity (Wildman–Crippen MR) is 57.2 cm³/mol. The number of hydrogen-bond donors (Lipinski definition) is 2. The average Bonchev–Trinajstić information content (AvgIpc) is 2.29. The molecule has 0 unspecified atom stereocenters. The third-order valence-electron chi connectivity index (χ3n) is 2.14. The summed E-state index contributed by atoms with van der Waals surface area (Å²) in [6, 6.07) is 3.84. The molecule has 0 amide bonds. The van der Waals surface area contributed by atoms with Crippen molar-refractivity contribution in [2.75, 3.05) is 13.7 Å². The predicted octanol–water partition coefficient (Wildman–Crippen LogP) is 1.83. The SMILES string of the molecule is COC(=O)c1ccc(O)c(CNCC(F)(F)F)c1. The van der Waals surface area contributed by atoms with E-state index in [2.05, 4.69) is 10.1 Å². The minimum Gasteiger partial charge on any atom is -0.508 e. The first-order valence-corrected chi connectivity index (χ1v) is 5.01. The number of nitrogens with one attached hydrogen (secondary N) is 1. The Kier molecular flexibility index (Phi) is 4.55. The van der Waals surface area contributed by atoms with E-state index in [9.17, 15) is 23.1 Å². The quantitative estimate of drug-likeness (QED) is 0.814.